The lowest BCUT2D eigenvalue weighted by Gasteiger charge is -2.26. The minimum Gasteiger partial charge on any atom is -0.366 e. The molecule has 0 atom stereocenters. The first kappa shape index (κ1) is 19.9. The number of nitrogens with one attached hydrogen (secondary N) is 1. The van der Waals surface area contributed by atoms with Crippen LogP contribution in [0.3, 0.4) is 0 Å². The molecule has 152 valence electrons. The van der Waals surface area contributed by atoms with Crippen LogP contribution in [0.25, 0.3) is 11.4 Å². The van der Waals surface area contributed by atoms with E-state index >= 15 is 0 Å². The molecule has 0 aliphatic carbocycles. The van der Waals surface area contributed by atoms with E-state index in [2.05, 4.69) is 74.7 Å². The standard InChI is InChI=1S/C25H27N5/c1-17(2)20-6-4-5-7-21(20)25-28-23-12-13-30(16-26)15-22(23)24(29-25)27-14-19-10-8-18(3)9-11-19/h4-11,17H,12-15H2,1-3H3,(H,27,28,29). The lowest BCUT2D eigenvalue weighted by molar-refractivity contribution is 0.364. The Kier molecular flexibility index (Phi) is 5.67. The second-order valence-corrected chi connectivity index (χ2v) is 8.17. The zero-order valence-corrected chi connectivity index (χ0v) is 17.8. The van der Waals surface area contributed by atoms with E-state index in [1.54, 1.807) is 4.90 Å². The summed E-state index contributed by atoms with van der Waals surface area (Å²) in [5.74, 6) is 1.97. The van der Waals surface area contributed by atoms with Crippen molar-refractivity contribution in [3.8, 4) is 17.6 Å². The molecule has 30 heavy (non-hydrogen) atoms. The summed E-state index contributed by atoms with van der Waals surface area (Å²) in [5, 5.41) is 12.9. The Labute approximate surface area is 178 Å². The van der Waals surface area contributed by atoms with Crippen LogP contribution >= 0.6 is 0 Å². The zero-order valence-electron chi connectivity index (χ0n) is 17.8. The molecule has 3 aromatic rings. The van der Waals surface area contributed by atoms with Gasteiger partial charge in [0.25, 0.3) is 0 Å². The predicted molar refractivity (Wildman–Crippen MR) is 120 cm³/mol. The number of aryl methyl sites for hydroxylation is 1. The molecule has 2 aromatic carbocycles. The van der Waals surface area contributed by atoms with Crippen molar-refractivity contribution in [1.29, 1.82) is 5.26 Å². The van der Waals surface area contributed by atoms with Gasteiger partial charge in [0.15, 0.2) is 12.0 Å². The number of fused-ring (bicyclic) bond motifs is 1. The fraction of sp³-hybridized carbons (Fsp3) is 0.320. The van der Waals surface area contributed by atoms with Crippen LogP contribution in [-0.2, 0) is 19.5 Å². The van der Waals surface area contributed by atoms with E-state index in [0.29, 0.717) is 25.6 Å². The Hall–Kier alpha value is -3.39. The second kappa shape index (κ2) is 8.54. The first-order valence-electron chi connectivity index (χ1n) is 10.5. The normalized spacial score (nSPS) is 13.1. The fourth-order valence-electron chi connectivity index (χ4n) is 3.86. The molecule has 5 heteroatoms. The predicted octanol–water partition coefficient (Wildman–Crippen LogP) is 5.03. The SMILES string of the molecule is Cc1ccc(CNc2nc(-c3ccccc3C(C)C)nc3c2CN(C#N)CC3)cc1. The molecule has 1 aromatic heterocycles. The van der Waals surface area contributed by atoms with Gasteiger partial charge in [-0.3, -0.25) is 0 Å². The van der Waals surface area contributed by atoms with E-state index in [9.17, 15) is 5.26 Å². The van der Waals surface area contributed by atoms with Crippen LogP contribution in [0.1, 0.15) is 47.7 Å². The zero-order chi connectivity index (χ0) is 21.1. The van der Waals surface area contributed by atoms with Gasteiger partial charge in [-0.1, -0.05) is 67.9 Å². The Morgan fingerprint density at radius 3 is 2.60 bits per heavy atom. The maximum atomic E-state index is 9.39. The van der Waals surface area contributed by atoms with Crippen molar-refractivity contribution in [2.75, 3.05) is 11.9 Å². The molecular weight excluding hydrogens is 370 g/mol. The lowest BCUT2D eigenvalue weighted by Crippen LogP contribution is -2.28. The summed E-state index contributed by atoms with van der Waals surface area (Å²) in [5.41, 5.74) is 6.84. The molecule has 2 heterocycles. The van der Waals surface area contributed by atoms with Crippen LogP contribution in [0.4, 0.5) is 5.82 Å². The summed E-state index contributed by atoms with van der Waals surface area (Å²) in [7, 11) is 0. The van der Waals surface area contributed by atoms with Gasteiger partial charge in [0.05, 0.1) is 12.2 Å². The van der Waals surface area contributed by atoms with Gasteiger partial charge in [0.2, 0.25) is 0 Å². The average molecular weight is 398 g/mol. The van der Waals surface area contributed by atoms with Crippen LogP contribution in [0, 0.1) is 18.4 Å². The van der Waals surface area contributed by atoms with Gasteiger partial charge in [-0.25, -0.2) is 9.97 Å². The number of aromatic nitrogens is 2. The van der Waals surface area contributed by atoms with Crippen molar-refractivity contribution in [3.05, 3.63) is 76.5 Å². The van der Waals surface area contributed by atoms with Crippen molar-refractivity contribution in [2.45, 2.75) is 46.2 Å². The molecular formula is C25H27N5. The molecule has 0 radical (unpaired) electrons. The highest BCUT2D eigenvalue weighted by Gasteiger charge is 2.23. The summed E-state index contributed by atoms with van der Waals surface area (Å²) >= 11 is 0. The monoisotopic (exact) mass is 397 g/mol. The van der Waals surface area contributed by atoms with E-state index in [1.165, 1.54) is 16.7 Å². The summed E-state index contributed by atoms with van der Waals surface area (Å²) < 4.78 is 0. The quantitative estimate of drug-likeness (QED) is 0.612. The third-order valence-corrected chi connectivity index (χ3v) is 5.61. The van der Waals surface area contributed by atoms with E-state index in [0.717, 1.165) is 34.9 Å². The van der Waals surface area contributed by atoms with Gasteiger partial charge in [0, 0.05) is 30.6 Å². The van der Waals surface area contributed by atoms with E-state index < -0.39 is 0 Å². The smallest absolute Gasteiger partial charge is 0.179 e. The number of nitrogens with zero attached hydrogens (tertiary/aromatic N) is 4. The van der Waals surface area contributed by atoms with E-state index in [4.69, 9.17) is 9.97 Å². The maximum absolute atomic E-state index is 9.39. The molecule has 0 unspecified atom stereocenters. The number of rotatable bonds is 5. The molecule has 0 bridgehead atoms. The number of anilines is 1. The summed E-state index contributed by atoms with van der Waals surface area (Å²) in [6.45, 7) is 8.41. The Bertz CT molecular complexity index is 1080. The molecule has 1 N–H and O–H groups in total. The van der Waals surface area contributed by atoms with Gasteiger partial charge in [0.1, 0.15) is 5.82 Å². The topological polar surface area (TPSA) is 64.8 Å². The van der Waals surface area contributed by atoms with E-state index in [1.807, 2.05) is 6.07 Å². The van der Waals surface area contributed by atoms with Crippen molar-refractivity contribution < 1.29 is 0 Å². The van der Waals surface area contributed by atoms with Crippen LogP contribution in [-0.4, -0.2) is 21.4 Å². The van der Waals surface area contributed by atoms with Crippen molar-refractivity contribution in [3.63, 3.8) is 0 Å². The average Bonchev–Trinajstić information content (AvgIpc) is 2.78. The van der Waals surface area contributed by atoms with Crippen LogP contribution in [0.5, 0.6) is 0 Å². The van der Waals surface area contributed by atoms with Gasteiger partial charge in [-0.2, -0.15) is 5.26 Å². The van der Waals surface area contributed by atoms with Crippen molar-refractivity contribution in [1.82, 2.24) is 14.9 Å². The lowest BCUT2D eigenvalue weighted by atomic mass is 9.96. The third-order valence-electron chi connectivity index (χ3n) is 5.61. The molecule has 4 rings (SSSR count). The molecule has 0 saturated heterocycles. The Balaban J connectivity index is 1.74. The fourth-order valence-corrected chi connectivity index (χ4v) is 3.86. The highest BCUT2D eigenvalue weighted by atomic mass is 15.1. The summed E-state index contributed by atoms with van der Waals surface area (Å²) in [4.78, 5) is 11.6. The molecule has 1 aliphatic heterocycles. The molecule has 1 aliphatic rings. The summed E-state index contributed by atoms with van der Waals surface area (Å²) in [6.07, 6.45) is 3.02. The Morgan fingerprint density at radius 2 is 1.87 bits per heavy atom. The first-order chi connectivity index (χ1) is 14.5. The number of benzene rings is 2. The number of nitriles is 1. The van der Waals surface area contributed by atoms with Crippen LogP contribution in [0.15, 0.2) is 48.5 Å². The molecule has 0 amide bonds. The molecule has 0 saturated carbocycles. The molecule has 0 spiro atoms. The van der Waals surface area contributed by atoms with Crippen LogP contribution in [0.2, 0.25) is 0 Å². The second-order valence-electron chi connectivity index (χ2n) is 8.17. The summed E-state index contributed by atoms with van der Waals surface area (Å²) in [6, 6.07) is 16.9. The van der Waals surface area contributed by atoms with E-state index in [-0.39, 0.29) is 0 Å². The number of hydrogen-bond donors (Lipinski definition) is 1. The highest BCUT2D eigenvalue weighted by molar-refractivity contribution is 5.64. The van der Waals surface area contributed by atoms with Gasteiger partial charge in [-0.05, 0) is 24.0 Å². The number of hydrogen-bond acceptors (Lipinski definition) is 5. The van der Waals surface area contributed by atoms with Crippen molar-refractivity contribution >= 4 is 5.82 Å². The van der Waals surface area contributed by atoms with Gasteiger partial charge >= 0.3 is 0 Å². The van der Waals surface area contributed by atoms with Crippen molar-refractivity contribution in [2.24, 2.45) is 0 Å². The highest BCUT2D eigenvalue weighted by Crippen LogP contribution is 2.31. The van der Waals surface area contributed by atoms with Gasteiger partial charge < -0.3 is 10.2 Å². The minimum absolute atomic E-state index is 0.388. The minimum atomic E-state index is 0.388. The van der Waals surface area contributed by atoms with Gasteiger partial charge in [-0.15, -0.1) is 0 Å². The third kappa shape index (κ3) is 4.13. The molecule has 5 nitrogen and oxygen atoms in total. The largest absolute Gasteiger partial charge is 0.366 e. The molecule has 0 fully saturated rings. The first-order valence-corrected chi connectivity index (χ1v) is 10.5. The Morgan fingerprint density at radius 1 is 1.10 bits per heavy atom. The van der Waals surface area contributed by atoms with Crippen LogP contribution < -0.4 is 5.32 Å². The maximum Gasteiger partial charge on any atom is 0.179 e.